The van der Waals surface area contributed by atoms with Crippen LogP contribution in [0.25, 0.3) is 5.57 Å². The molecule has 80 valence electrons. The van der Waals surface area contributed by atoms with Gasteiger partial charge in [-0.25, -0.2) is 0 Å². The molecule has 0 radical (unpaired) electrons. The maximum atomic E-state index is 2.20. The first-order valence-corrected chi connectivity index (χ1v) is 5.66. The van der Waals surface area contributed by atoms with E-state index in [1.54, 1.807) is 0 Å². The second-order valence-corrected chi connectivity index (χ2v) is 3.78. The molecule has 0 N–H and O–H groups in total. The Hall–Kier alpha value is -1.82. The maximum absolute atomic E-state index is 2.20. The molecule has 0 bridgehead atoms. The van der Waals surface area contributed by atoms with Crippen LogP contribution in [0.1, 0.15) is 18.9 Å². The molecule has 0 fully saturated rings. The van der Waals surface area contributed by atoms with Crippen molar-refractivity contribution in [1.29, 1.82) is 0 Å². The van der Waals surface area contributed by atoms with Crippen LogP contribution in [-0.4, -0.2) is 0 Å². The smallest absolute Gasteiger partial charge is 0.00883 e. The fraction of sp³-hybridized carbons (Fsp3) is 0.125. The number of rotatable bonds is 2. The highest BCUT2D eigenvalue weighted by Crippen LogP contribution is 2.26. The van der Waals surface area contributed by atoms with Crippen molar-refractivity contribution in [2.24, 2.45) is 0 Å². The molecule has 0 atom stereocenters. The Bertz CT molecular complexity index is 456. The van der Waals surface area contributed by atoms with E-state index in [4.69, 9.17) is 0 Å². The zero-order valence-electron chi connectivity index (χ0n) is 9.56. The zero-order chi connectivity index (χ0) is 11.2. The van der Waals surface area contributed by atoms with Crippen molar-refractivity contribution in [2.45, 2.75) is 13.3 Å². The first-order valence-electron chi connectivity index (χ1n) is 5.66. The number of benzene rings is 1. The van der Waals surface area contributed by atoms with E-state index in [2.05, 4.69) is 73.7 Å². The summed E-state index contributed by atoms with van der Waals surface area (Å²) in [4.78, 5) is 0. The lowest BCUT2D eigenvalue weighted by atomic mass is 9.95. The van der Waals surface area contributed by atoms with Crippen LogP contribution in [-0.2, 0) is 0 Å². The van der Waals surface area contributed by atoms with Crippen molar-refractivity contribution in [2.75, 3.05) is 0 Å². The maximum Gasteiger partial charge on any atom is -0.00883 e. The first kappa shape index (κ1) is 10.7. The molecular weight excluding hydrogens is 192 g/mol. The first-order chi connectivity index (χ1) is 7.92. The van der Waals surface area contributed by atoms with Crippen molar-refractivity contribution in [1.82, 2.24) is 0 Å². The van der Waals surface area contributed by atoms with Gasteiger partial charge in [0.25, 0.3) is 0 Å². The summed E-state index contributed by atoms with van der Waals surface area (Å²) in [5.74, 6) is 0. The molecule has 0 heteroatoms. The van der Waals surface area contributed by atoms with Crippen molar-refractivity contribution >= 4 is 5.57 Å². The van der Waals surface area contributed by atoms with Crippen LogP contribution >= 0.6 is 0 Å². The van der Waals surface area contributed by atoms with Gasteiger partial charge in [-0.3, -0.25) is 0 Å². The molecule has 1 aromatic rings. The van der Waals surface area contributed by atoms with E-state index in [0.717, 1.165) is 6.42 Å². The van der Waals surface area contributed by atoms with Gasteiger partial charge in [-0.1, -0.05) is 66.8 Å². The molecule has 0 heterocycles. The summed E-state index contributed by atoms with van der Waals surface area (Å²) in [7, 11) is 0. The summed E-state index contributed by atoms with van der Waals surface area (Å²) < 4.78 is 0. The molecule has 1 aliphatic carbocycles. The third kappa shape index (κ3) is 2.40. The number of hydrogen-bond donors (Lipinski definition) is 0. The molecule has 1 aromatic carbocycles. The highest BCUT2D eigenvalue weighted by atomic mass is 14.1. The van der Waals surface area contributed by atoms with Crippen molar-refractivity contribution < 1.29 is 0 Å². The van der Waals surface area contributed by atoms with Gasteiger partial charge in [0.2, 0.25) is 0 Å². The minimum absolute atomic E-state index is 1.00. The van der Waals surface area contributed by atoms with E-state index < -0.39 is 0 Å². The predicted molar refractivity (Wildman–Crippen MR) is 71.1 cm³/mol. The minimum atomic E-state index is 1.00. The van der Waals surface area contributed by atoms with E-state index in [-0.39, 0.29) is 0 Å². The van der Waals surface area contributed by atoms with Gasteiger partial charge in [0.15, 0.2) is 0 Å². The molecule has 16 heavy (non-hydrogen) atoms. The van der Waals surface area contributed by atoms with Crippen LogP contribution in [0.4, 0.5) is 0 Å². The van der Waals surface area contributed by atoms with Gasteiger partial charge in [-0.2, -0.15) is 0 Å². The summed E-state index contributed by atoms with van der Waals surface area (Å²) >= 11 is 0. The summed E-state index contributed by atoms with van der Waals surface area (Å²) in [6.07, 6.45) is 13.9. The Morgan fingerprint density at radius 1 is 1.06 bits per heavy atom. The lowest BCUT2D eigenvalue weighted by molar-refractivity contribution is 1.29. The number of hydrogen-bond acceptors (Lipinski definition) is 0. The normalized spacial score (nSPS) is 15.8. The molecule has 0 amide bonds. The Labute approximate surface area is 97.3 Å². The van der Waals surface area contributed by atoms with Gasteiger partial charge in [0, 0.05) is 0 Å². The molecule has 0 saturated heterocycles. The fourth-order valence-corrected chi connectivity index (χ4v) is 1.93. The zero-order valence-corrected chi connectivity index (χ0v) is 9.56. The SMILES string of the molecule is C/C=C(\C1=CC=CC=CC1)c1ccccc1. The lowest BCUT2D eigenvalue weighted by Crippen LogP contribution is -1.88. The van der Waals surface area contributed by atoms with Crippen LogP contribution in [0.3, 0.4) is 0 Å². The molecule has 0 nitrogen and oxygen atoms in total. The van der Waals surface area contributed by atoms with E-state index in [9.17, 15) is 0 Å². The number of allylic oxidation sites excluding steroid dienone is 8. The van der Waals surface area contributed by atoms with Crippen LogP contribution < -0.4 is 0 Å². The van der Waals surface area contributed by atoms with Gasteiger partial charge in [0.1, 0.15) is 0 Å². The summed E-state index contributed by atoms with van der Waals surface area (Å²) in [5.41, 5.74) is 4.00. The largest absolute Gasteiger partial charge is 0.0801 e. The van der Waals surface area contributed by atoms with Crippen LogP contribution in [0.2, 0.25) is 0 Å². The van der Waals surface area contributed by atoms with Crippen LogP contribution in [0, 0.1) is 0 Å². The highest BCUT2D eigenvalue weighted by molar-refractivity contribution is 5.79. The molecule has 0 spiro atoms. The topological polar surface area (TPSA) is 0 Å². The highest BCUT2D eigenvalue weighted by Gasteiger charge is 2.05. The summed E-state index contributed by atoms with van der Waals surface area (Å²) in [6.45, 7) is 2.10. The quantitative estimate of drug-likeness (QED) is 0.669. The van der Waals surface area contributed by atoms with Gasteiger partial charge < -0.3 is 0 Å². The van der Waals surface area contributed by atoms with E-state index in [1.807, 2.05) is 0 Å². The molecule has 0 aromatic heterocycles. The van der Waals surface area contributed by atoms with Crippen LogP contribution in [0.5, 0.6) is 0 Å². The van der Waals surface area contributed by atoms with Gasteiger partial charge in [-0.05, 0) is 30.1 Å². The average molecular weight is 208 g/mol. The molecule has 0 saturated carbocycles. The third-order valence-corrected chi connectivity index (χ3v) is 2.71. The minimum Gasteiger partial charge on any atom is -0.0801 e. The molecule has 0 unspecified atom stereocenters. The second kappa shape index (κ2) is 5.32. The van der Waals surface area contributed by atoms with Gasteiger partial charge in [-0.15, -0.1) is 0 Å². The summed E-state index contributed by atoms with van der Waals surface area (Å²) in [5, 5.41) is 0. The Kier molecular flexibility index (Phi) is 3.55. The monoisotopic (exact) mass is 208 g/mol. The van der Waals surface area contributed by atoms with Gasteiger partial charge >= 0.3 is 0 Å². The van der Waals surface area contributed by atoms with E-state index in [1.165, 1.54) is 16.7 Å². The second-order valence-electron chi connectivity index (χ2n) is 3.78. The van der Waals surface area contributed by atoms with E-state index >= 15 is 0 Å². The molecule has 2 rings (SSSR count). The Morgan fingerprint density at radius 2 is 1.88 bits per heavy atom. The van der Waals surface area contributed by atoms with Crippen LogP contribution in [0.15, 0.2) is 72.4 Å². The average Bonchev–Trinajstić information content (AvgIpc) is 2.61. The van der Waals surface area contributed by atoms with E-state index in [0.29, 0.717) is 0 Å². The summed E-state index contributed by atoms with van der Waals surface area (Å²) in [6, 6.07) is 10.5. The van der Waals surface area contributed by atoms with Crippen molar-refractivity contribution in [3.63, 3.8) is 0 Å². The molecular formula is C16H16. The van der Waals surface area contributed by atoms with Crippen molar-refractivity contribution in [3.8, 4) is 0 Å². The Morgan fingerprint density at radius 3 is 2.62 bits per heavy atom. The predicted octanol–water partition coefficient (Wildman–Crippen LogP) is 4.53. The fourth-order valence-electron chi connectivity index (χ4n) is 1.93. The standard InChI is InChI=1S/C16H16/c1-2-16(15-12-8-5-9-13-15)14-10-6-3-4-7-11-14/h2-10,12-13H,11H2,1H3/b16-2+. The van der Waals surface area contributed by atoms with Crippen molar-refractivity contribution in [3.05, 3.63) is 77.9 Å². The lowest BCUT2D eigenvalue weighted by Gasteiger charge is -2.09. The molecule has 1 aliphatic rings. The van der Waals surface area contributed by atoms with Gasteiger partial charge in [0.05, 0.1) is 0 Å². The molecule has 0 aliphatic heterocycles. The Balaban J connectivity index is 2.35. The third-order valence-electron chi connectivity index (χ3n) is 2.71.